The second kappa shape index (κ2) is 6.20. The summed E-state index contributed by atoms with van der Waals surface area (Å²) in [6.07, 6.45) is 5.02. The van der Waals surface area contributed by atoms with Crippen LogP contribution in [0, 0.1) is 24.5 Å². The van der Waals surface area contributed by atoms with Gasteiger partial charge in [0.2, 0.25) is 0 Å². The van der Waals surface area contributed by atoms with Crippen molar-refractivity contribution in [3.63, 3.8) is 0 Å². The number of rotatable bonds is 2. The molecule has 1 fully saturated rings. The van der Waals surface area contributed by atoms with Gasteiger partial charge < -0.3 is 0 Å². The van der Waals surface area contributed by atoms with Gasteiger partial charge in [-0.05, 0) is 60.4 Å². The van der Waals surface area contributed by atoms with E-state index in [2.05, 4.69) is 19.1 Å². The summed E-state index contributed by atoms with van der Waals surface area (Å²) < 4.78 is 27.7. The van der Waals surface area contributed by atoms with Crippen molar-refractivity contribution in [2.45, 2.75) is 45.4 Å². The Hall–Kier alpha value is -1.70. The van der Waals surface area contributed by atoms with Gasteiger partial charge in [0, 0.05) is 5.56 Å². The number of hydrogen-bond acceptors (Lipinski definition) is 0. The molecule has 3 rings (SSSR count). The lowest BCUT2D eigenvalue weighted by Gasteiger charge is -2.26. The van der Waals surface area contributed by atoms with E-state index in [1.165, 1.54) is 43.4 Å². The fourth-order valence-corrected chi connectivity index (χ4v) is 3.40. The minimum absolute atomic E-state index is 0.340. The average Bonchev–Trinajstić information content (AvgIpc) is 2.52. The molecule has 0 aliphatic heterocycles. The molecular formula is C20H22F2. The highest BCUT2D eigenvalue weighted by Crippen LogP contribution is 2.36. The van der Waals surface area contributed by atoms with E-state index in [-0.39, 0.29) is 11.6 Å². The van der Waals surface area contributed by atoms with Gasteiger partial charge in [0.25, 0.3) is 0 Å². The Labute approximate surface area is 131 Å². The van der Waals surface area contributed by atoms with Gasteiger partial charge in [-0.3, -0.25) is 0 Å². The molecule has 0 radical (unpaired) electrons. The molecule has 0 saturated heterocycles. The van der Waals surface area contributed by atoms with E-state index in [0.717, 1.165) is 11.5 Å². The fraction of sp³-hybridized carbons (Fsp3) is 0.400. The van der Waals surface area contributed by atoms with Gasteiger partial charge in [-0.15, -0.1) is 0 Å². The van der Waals surface area contributed by atoms with E-state index in [1.807, 2.05) is 12.1 Å². The normalized spacial score (nSPS) is 21.8. The molecule has 1 aliphatic carbocycles. The van der Waals surface area contributed by atoms with Crippen LogP contribution in [0.5, 0.6) is 0 Å². The first-order valence-electron chi connectivity index (χ1n) is 8.10. The Balaban J connectivity index is 1.84. The molecule has 22 heavy (non-hydrogen) atoms. The molecule has 0 heterocycles. The molecule has 0 spiro atoms. The third-order valence-corrected chi connectivity index (χ3v) is 4.96. The lowest BCUT2D eigenvalue weighted by atomic mass is 9.79. The maximum absolute atomic E-state index is 14.0. The molecule has 2 heteroatoms. The maximum atomic E-state index is 14.0. The van der Waals surface area contributed by atoms with Crippen molar-refractivity contribution < 1.29 is 8.78 Å². The van der Waals surface area contributed by atoms with E-state index in [1.54, 1.807) is 6.92 Å². The molecule has 0 unspecified atom stereocenters. The van der Waals surface area contributed by atoms with Crippen LogP contribution in [0.25, 0.3) is 11.1 Å². The van der Waals surface area contributed by atoms with Gasteiger partial charge >= 0.3 is 0 Å². The number of aryl methyl sites for hydroxylation is 1. The van der Waals surface area contributed by atoms with Gasteiger partial charge in [0.05, 0.1) is 0 Å². The summed E-state index contributed by atoms with van der Waals surface area (Å²) in [5.74, 6) is 0.727. The first-order valence-corrected chi connectivity index (χ1v) is 8.10. The predicted molar refractivity (Wildman–Crippen MR) is 86.9 cm³/mol. The Bertz CT molecular complexity index is 650. The highest BCUT2D eigenvalue weighted by Gasteiger charge is 2.19. The second-order valence-electron chi connectivity index (χ2n) is 6.66. The lowest BCUT2D eigenvalue weighted by molar-refractivity contribution is 0.348. The van der Waals surface area contributed by atoms with Crippen LogP contribution in [-0.4, -0.2) is 0 Å². The second-order valence-corrected chi connectivity index (χ2v) is 6.66. The first-order chi connectivity index (χ1) is 10.5. The standard InChI is InChI=1S/C20H22F2/c1-13-3-5-15(6-4-13)16-7-9-17(10-8-16)18-12-19(21)14(2)11-20(18)22/h7-13,15H,3-6H2,1-2H3. The largest absolute Gasteiger partial charge is 0.207 e. The zero-order chi connectivity index (χ0) is 15.7. The molecule has 0 atom stereocenters. The highest BCUT2D eigenvalue weighted by molar-refractivity contribution is 5.65. The minimum Gasteiger partial charge on any atom is -0.207 e. The Kier molecular flexibility index (Phi) is 4.28. The topological polar surface area (TPSA) is 0 Å². The number of hydrogen-bond donors (Lipinski definition) is 0. The van der Waals surface area contributed by atoms with Crippen molar-refractivity contribution in [1.29, 1.82) is 0 Å². The quantitative estimate of drug-likeness (QED) is 0.616. The minimum atomic E-state index is -0.363. The average molecular weight is 300 g/mol. The Morgan fingerprint density at radius 1 is 0.864 bits per heavy atom. The van der Waals surface area contributed by atoms with Crippen LogP contribution in [0.4, 0.5) is 8.78 Å². The highest BCUT2D eigenvalue weighted by atomic mass is 19.1. The summed E-state index contributed by atoms with van der Waals surface area (Å²) in [6, 6.07) is 10.5. The summed E-state index contributed by atoms with van der Waals surface area (Å²) in [6.45, 7) is 3.89. The summed E-state index contributed by atoms with van der Waals surface area (Å²) in [5.41, 5.74) is 2.74. The van der Waals surface area contributed by atoms with Crippen molar-refractivity contribution in [3.05, 3.63) is 59.2 Å². The number of halogens is 2. The van der Waals surface area contributed by atoms with Gasteiger partial charge in [-0.1, -0.05) is 44.0 Å². The third kappa shape index (κ3) is 3.06. The fourth-order valence-electron chi connectivity index (χ4n) is 3.40. The summed E-state index contributed by atoms with van der Waals surface area (Å²) in [4.78, 5) is 0. The van der Waals surface area contributed by atoms with E-state index >= 15 is 0 Å². The van der Waals surface area contributed by atoms with Gasteiger partial charge in [0.1, 0.15) is 11.6 Å². The van der Waals surface area contributed by atoms with Crippen LogP contribution < -0.4 is 0 Å². The molecule has 0 bridgehead atoms. The molecule has 2 aromatic carbocycles. The van der Waals surface area contributed by atoms with Crippen molar-refractivity contribution in [3.8, 4) is 11.1 Å². The zero-order valence-corrected chi connectivity index (χ0v) is 13.2. The van der Waals surface area contributed by atoms with Crippen molar-refractivity contribution in [2.24, 2.45) is 5.92 Å². The van der Waals surface area contributed by atoms with Crippen LogP contribution in [0.3, 0.4) is 0 Å². The van der Waals surface area contributed by atoms with Crippen molar-refractivity contribution >= 4 is 0 Å². The zero-order valence-electron chi connectivity index (χ0n) is 13.2. The summed E-state index contributed by atoms with van der Waals surface area (Å²) in [7, 11) is 0. The van der Waals surface area contributed by atoms with Crippen LogP contribution in [0.15, 0.2) is 36.4 Å². The predicted octanol–water partition coefficient (Wildman–Crippen LogP) is 6.23. The van der Waals surface area contributed by atoms with Crippen molar-refractivity contribution in [1.82, 2.24) is 0 Å². The first kappa shape index (κ1) is 15.2. The molecule has 1 aliphatic rings. The van der Waals surface area contributed by atoms with Crippen LogP contribution >= 0.6 is 0 Å². The van der Waals surface area contributed by atoms with Crippen LogP contribution in [0.2, 0.25) is 0 Å². The molecule has 0 amide bonds. The van der Waals surface area contributed by atoms with Gasteiger partial charge in [-0.2, -0.15) is 0 Å². The van der Waals surface area contributed by atoms with Gasteiger partial charge in [-0.25, -0.2) is 8.78 Å². The van der Waals surface area contributed by atoms with Crippen LogP contribution in [0.1, 0.15) is 49.7 Å². The van der Waals surface area contributed by atoms with Crippen molar-refractivity contribution in [2.75, 3.05) is 0 Å². The van der Waals surface area contributed by atoms with E-state index in [0.29, 0.717) is 17.0 Å². The van der Waals surface area contributed by atoms with E-state index < -0.39 is 0 Å². The third-order valence-electron chi connectivity index (χ3n) is 4.96. The molecule has 116 valence electrons. The summed E-state index contributed by atoms with van der Waals surface area (Å²) >= 11 is 0. The van der Waals surface area contributed by atoms with Crippen LogP contribution in [-0.2, 0) is 0 Å². The summed E-state index contributed by atoms with van der Waals surface area (Å²) in [5, 5.41) is 0. The monoisotopic (exact) mass is 300 g/mol. The molecule has 0 N–H and O–H groups in total. The van der Waals surface area contributed by atoms with E-state index in [4.69, 9.17) is 0 Å². The Morgan fingerprint density at radius 3 is 2.14 bits per heavy atom. The molecular weight excluding hydrogens is 278 g/mol. The van der Waals surface area contributed by atoms with E-state index in [9.17, 15) is 8.78 Å². The molecule has 0 nitrogen and oxygen atoms in total. The van der Waals surface area contributed by atoms with Gasteiger partial charge in [0.15, 0.2) is 0 Å². The maximum Gasteiger partial charge on any atom is 0.131 e. The number of benzene rings is 2. The molecule has 0 aromatic heterocycles. The molecule has 2 aromatic rings. The smallest absolute Gasteiger partial charge is 0.131 e. The Morgan fingerprint density at radius 2 is 1.50 bits per heavy atom. The SMILES string of the molecule is Cc1cc(F)c(-c2ccc(C3CCC(C)CC3)cc2)cc1F. The lowest BCUT2D eigenvalue weighted by Crippen LogP contribution is -2.10. The molecule has 1 saturated carbocycles.